The van der Waals surface area contributed by atoms with Gasteiger partial charge in [0.15, 0.2) is 5.82 Å². The van der Waals surface area contributed by atoms with Crippen LogP contribution in [0.4, 0.5) is 5.82 Å². The summed E-state index contributed by atoms with van der Waals surface area (Å²) in [5, 5.41) is 9.44. The molecular weight excluding hydrogens is 320 g/mol. The summed E-state index contributed by atoms with van der Waals surface area (Å²) in [5.74, 6) is 4.12. The van der Waals surface area contributed by atoms with Crippen molar-refractivity contribution in [3.8, 4) is 11.5 Å². The first-order valence-corrected chi connectivity index (χ1v) is 8.17. The maximum absolute atomic E-state index is 5.48. The van der Waals surface area contributed by atoms with Gasteiger partial charge < -0.3 is 18.9 Å². The molecule has 0 bridgehead atoms. The minimum absolute atomic E-state index is 0.0604. The molecule has 4 rings (SSSR count). The van der Waals surface area contributed by atoms with E-state index in [0.717, 1.165) is 41.5 Å². The highest BCUT2D eigenvalue weighted by molar-refractivity contribution is 5.94. The SMILES string of the molecule is COc1cc(OC)c2ncnc(N3CCn4c(C)nnc4C3C)c2c1. The van der Waals surface area contributed by atoms with Gasteiger partial charge in [0.25, 0.3) is 0 Å². The molecule has 8 heteroatoms. The molecule has 0 spiro atoms. The van der Waals surface area contributed by atoms with E-state index in [4.69, 9.17) is 9.47 Å². The molecule has 8 nitrogen and oxygen atoms in total. The number of hydrogen-bond donors (Lipinski definition) is 0. The van der Waals surface area contributed by atoms with Gasteiger partial charge >= 0.3 is 0 Å². The third kappa shape index (κ3) is 2.36. The molecule has 0 saturated carbocycles. The molecule has 1 atom stereocenters. The average Bonchev–Trinajstić information content (AvgIpc) is 3.02. The number of anilines is 1. The summed E-state index contributed by atoms with van der Waals surface area (Å²) >= 11 is 0. The Morgan fingerprint density at radius 2 is 1.92 bits per heavy atom. The fourth-order valence-electron chi connectivity index (χ4n) is 3.41. The third-order valence-corrected chi connectivity index (χ3v) is 4.75. The molecule has 3 heterocycles. The van der Waals surface area contributed by atoms with Crippen molar-refractivity contribution in [2.75, 3.05) is 25.7 Å². The molecule has 0 fully saturated rings. The number of fused-ring (bicyclic) bond motifs is 2. The summed E-state index contributed by atoms with van der Waals surface area (Å²) in [7, 11) is 3.27. The standard InChI is InChI=1S/C17H20N6O2/c1-10-16-21-20-11(2)23(16)6-5-22(10)17-13-7-12(24-3)8-14(25-4)15(13)18-9-19-17/h7-10H,5-6H2,1-4H3. The van der Waals surface area contributed by atoms with Crippen molar-refractivity contribution in [2.45, 2.75) is 26.4 Å². The Balaban J connectivity index is 1.87. The smallest absolute Gasteiger partial charge is 0.155 e. The first-order chi connectivity index (χ1) is 12.1. The van der Waals surface area contributed by atoms with Crippen LogP contribution in [0.3, 0.4) is 0 Å². The fourth-order valence-corrected chi connectivity index (χ4v) is 3.41. The molecule has 3 aromatic rings. The van der Waals surface area contributed by atoms with Crippen molar-refractivity contribution in [1.82, 2.24) is 24.7 Å². The van der Waals surface area contributed by atoms with E-state index in [1.54, 1.807) is 20.5 Å². The Kier molecular flexibility index (Phi) is 3.67. The molecule has 25 heavy (non-hydrogen) atoms. The number of aromatic nitrogens is 5. The first-order valence-electron chi connectivity index (χ1n) is 8.17. The predicted molar refractivity (Wildman–Crippen MR) is 93.2 cm³/mol. The number of nitrogens with zero attached hydrogens (tertiary/aromatic N) is 6. The molecule has 0 saturated heterocycles. The zero-order valence-corrected chi connectivity index (χ0v) is 14.7. The van der Waals surface area contributed by atoms with Gasteiger partial charge in [-0.2, -0.15) is 0 Å². The topological polar surface area (TPSA) is 78.2 Å². The van der Waals surface area contributed by atoms with E-state index in [9.17, 15) is 0 Å². The highest BCUT2D eigenvalue weighted by atomic mass is 16.5. The van der Waals surface area contributed by atoms with Crippen molar-refractivity contribution in [3.05, 3.63) is 30.1 Å². The number of ether oxygens (including phenoxy) is 2. The quantitative estimate of drug-likeness (QED) is 0.722. The molecule has 130 valence electrons. The minimum atomic E-state index is 0.0604. The fraction of sp³-hybridized carbons (Fsp3) is 0.412. The molecule has 1 aromatic carbocycles. The monoisotopic (exact) mass is 340 g/mol. The van der Waals surface area contributed by atoms with Crippen LogP contribution in [0.1, 0.15) is 24.6 Å². The molecule has 0 N–H and O–H groups in total. The van der Waals surface area contributed by atoms with Crippen molar-refractivity contribution in [2.24, 2.45) is 0 Å². The van der Waals surface area contributed by atoms with E-state index in [1.165, 1.54) is 0 Å². The van der Waals surface area contributed by atoms with Gasteiger partial charge in [-0.15, -0.1) is 10.2 Å². The Hall–Kier alpha value is -2.90. The first kappa shape index (κ1) is 15.6. The summed E-state index contributed by atoms with van der Waals surface area (Å²) in [6.07, 6.45) is 1.57. The lowest BCUT2D eigenvalue weighted by Crippen LogP contribution is -2.38. The summed E-state index contributed by atoms with van der Waals surface area (Å²) in [4.78, 5) is 11.2. The normalized spacial score (nSPS) is 16.8. The lowest BCUT2D eigenvalue weighted by atomic mass is 10.1. The van der Waals surface area contributed by atoms with Crippen LogP contribution in [0.5, 0.6) is 11.5 Å². The highest BCUT2D eigenvalue weighted by Crippen LogP contribution is 2.37. The molecule has 0 aliphatic carbocycles. The van der Waals surface area contributed by atoms with Gasteiger partial charge in [-0.25, -0.2) is 9.97 Å². The molecule has 1 aliphatic rings. The zero-order valence-electron chi connectivity index (χ0n) is 14.7. The Morgan fingerprint density at radius 1 is 1.08 bits per heavy atom. The van der Waals surface area contributed by atoms with Crippen molar-refractivity contribution in [3.63, 3.8) is 0 Å². The van der Waals surface area contributed by atoms with Crippen LogP contribution >= 0.6 is 0 Å². The van der Waals surface area contributed by atoms with Gasteiger partial charge in [0.05, 0.1) is 25.6 Å². The summed E-state index contributed by atoms with van der Waals surface area (Å²) in [5.41, 5.74) is 0.767. The predicted octanol–water partition coefficient (Wildman–Crippen LogP) is 2.13. The van der Waals surface area contributed by atoms with Crippen LogP contribution < -0.4 is 14.4 Å². The molecule has 1 aliphatic heterocycles. The van der Waals surface area contributed by atoms with Crippen molar-refractivity contribution in [1.29, 1.82) is 0 Å². The second kappa shape index (κ2) is 5.87. The van der Waals surface area contributed by atoms with Crippen LogP contribution in [-0.4, -0.2) is 45.5 Å². The number of hydrogen-bond acceptors (Lipinski definition) is 7. The van der Waals surface area contributed by atoms with Gasteiger partial charge in [0, 0.05) is 19.2 Å². The van der Waals surface area contributed by atoms with E-state index in [-0.39, 0.29) is 6.04 Å². The van der Waals surface area contributed by atoms with Crippen LogP contribution in [0.15, 0.2) is 18.5 Å². The largest absolute Gasteiger partial charge is 0.497 e. The number of benzene rings is 1. The lowest BCUT2D eigenvalue weighted by molar-refractivity contribution is 0.397. The van der Waals surface area contributed by atoms with Crippen LogP contribution in [0.2, 0.25) is 0 Å². The van der Waals surface area contributed by atoms with Gasteiger partial charge in [-0.05, 0) is 19.9 Å². The minimum Gasteiger partial charge on any atom is -0.497 e. The Labute approximate surface area is 145 Å². The number of methoxy groups -OCH3 is 2. The lowest BCUT2D eigenvalue weighted by Gasteiger charge is -2.35. The Morgan fingerprint density at radius 3 is 2.68 bits per heavy atom. The van der Waals surface area contributed by atoms with E-state index in [0.29, 0.717) is 11.5 Å². The Bertz CT molecular complexity index is 938. The van der Waals surface area contributed by atoms with E-state index in [1.807, 2.05) is 19.1 Å². The van der Waals surface area contributed by atoms with Gasteiger partial charge in [-0.1, -0.05) is 0 Å². The highest BCUT2D eigenvalue weighted by Gasteiger charge is 2.29. The van der Waals surface area contributed by atoms with Gasteiger partial charge in [0.1, 0.15) is 35.0 Å². The number of rotatable bonds is 3. The van der Waals surface area contributed by atoms with Gasteiger partial charge in [-0.3, -0.25) is 0 Å². The number of aryl methyl sites for hydroxylation is 1. The maximum Gasteiger partial charge on any atom is 0.155 e. The maximum atomic E-state index is 5.48. The van der Waals surface area contributed by atoms with Crippen molar-refractivity contribution < 1.29 is 9.47 Å². The van der Waals surface area contributed by atoms with E-state index in [2.05, 4.69) is 36.6 Å². The molecule has 1 unspecified atom stereocenters. The molecular formula is C17H20N6O2. The van der Waals surface area contributed by atoms with Crippen molar-refractivity contribution >= 4 is 16.7 Å². The summed E-state index contributed by atoms with van der Waals surface area (Å²) < 4.78 is 13.1. The second-order valence-electron chi connectivity index (χ2n) is 6.05. The summed E-state index contributed by atoms with van der Waals surface area (Å²) in [6.45, 7) is 5.74. The van der Waals surface area contributed by atoms with Crippen LogP contribution in [0.25, 0.3) is 10.9 Å². The molecule has 0 radical (unpaired) electrons. The van der Waals surface area contributed by atoms with E-state index >= 15 is 0 Å². The van der Waals surface area contributed by atoms with Crippen LogP contribution in [0, 0.1) is 6.92 Å². The van der Waals surface area contributed by atoms with E-state index < -0.39 is 0 Å². The summed E-state index contributed by atoms with van der Waals surface area (Å²) in [6, 6.07) is 3.84. The van der Waals surface area contributed by atoms with Gasteiger partial charge in [0.2, 0.25) is 0 Å². The third-order valence-electron chi connectivity index (χ3n) is 4.75. The second-order valence-corrected chi connectivity index (χ2v) is 6.05. The van der Waals surface area contributed by atoms with Crippen LogP contribution in [-0.2, 0) is 6.54 Å². The average molecular weight is 340 g/mol. The molecule has 0 amide bonds. The zero-order chi connectivity index (χ0) is 17.6. The molecule has 2 aromatic heterocycles.